The van der Waals surface area contributed by atoms with Crippen LogP contribution in [0.15, 0.2) is 30.3 Å². The van der Waals surface area contributed by atoms with E-state index < -0.39 is 24.0 Å². The maximum atomic E-state index is 11.7. The first-order valence-corrected chi connectivity index (χ1v) is 5.17. The summed E-state index contributed by atoms with van der Waals surface area (Å²) in [6.07, 6.45) is -0.597. The van der Waals surface area contributed by atoms with Crippen molar-refractivity contribution in [2.24, 2.45) is 0 Å². The van der Waals surface area contributed by atoms with Crippen LogP contribution in [-0.2, 0) is 9.53 Å². The Morgan fingerprint density at radius 1 is 1.29 bits per heavy atom. The SMILES string of the molecule is CO[C@H](C)[C@H](NC(=O)c1ccccc1)C(=O)O. The number of aliphatic carboxylic acids is 1. The fraction of sp³-hybridized carbons (Fsp3) is 0.333. The molecule has 1 rings (SSSR count). The molecule has 17 heavy (non-hydrogen) atoms. The average Bonchev–Trinajstić information content (AvgIpc) is 2.35. The van der Waals surface area contributed by atoms with E-state index in [1.165, 1.54) is 7.11 Å². The van der Waals surface area contributed by atoms with Crippen molar-refractivity contribution in [3.05, 3.63) is 35.9 Å². The summed E-state index contributed by atoms with van der Waals surface area (Å²) in [5.41, 5.74) is 0.419. The number of benzene rings is 1. The number of carboxylic acid groups (broad SMARTS) is 1. The largest absolute Gasteiger partial charge is 0.480 e. The Balaban J connectivity index is 2.75. The molecule has 1 aromatic rings. The van der Waals surface area contributed by atoms with Gasteiger partial charge in [0.25, 0.3) is 5.91 Å². The maximum absolute atomic E-state index is 11.7. The number of carbonyl (C=O) groups is 2. The van der Waals surface area contributed by atoms with Crippen molar-refractivity contribution < 1.29 is 19.4 Å². The second kappa shape index (κ2) is 6.00. The van der Waals surface area contributed by atoms with E-state index in [1.807, 2.05) is 0 Å². The lowest BCUT2D eigenvalue weighted by molar-refractivity contribution is -0.142. The number of methoxy groups -OCH3 is 1. The smallest absolute Gasteiger partial charge is 0.328 e. The van der Waals surface area contributed by atoms with E-state index in [1.54, 1.807) is 37.3 Å². The van der Waals surface area contributed by atoms with Gasteiger partial charge in [0.05, 0.1) is 6.10 Å². The Bertz CT molecular complexity index is 391. The van der Waals surface area contributed by atoms with E-state index in [0.717, 1.165) is 0 Å². The van der Waals surface area contributed by atoms with E-state index in [-0.39, 0.29) is 0 Å². The van der Waals surface area contributed by atoms with Crippen LogP contribution in [0.5, 0.6) is 0 Å². The minimum absolute atomic E-state index is 0.419. The number of hydrogen-bond donors (Lipinski definition) is 2. The van der Waals surface area contributed by atoms with Crippen LogP contribution in [-0.4, -0.2) is 36.2 Å². The minimum atomic E-state index is -1.12. The molecule has 1 amide bonds. The molecule has 0 saturated carbocycles. The molecule has 92 valence electrons. The predicted octanol–water partition coefficient (Wildman–Crippen LogP) is 0.904. The van der Waals surface area contributed by atoms with Gasteiger partial charge in [-0.2, -0.15) is 0 Å². The highest BCUT2D eigenvalue weighted by atomic mass is 16.5. The second-order valence-corrected chi connectivity index (χ2v) is 3.60. The standard InChI is InChI=1S/C12H15NO4/c1-8(17-2)10(12(15)16)13-11(14)9-6-4-3-5-7-9/h3-8,10H,1-2H3,(H,13,14)(H,15,16)/t8-,10+/m1/s1. The normalized spacial score (nSPS) is 13.8. The highest BCUT2D eigenvalue weighted by Gasteiger charge is 2.26. The molecule has 1 aromatic carbocycles. The molecule has 5 heteroatoms. The Hall–Kier alpha value is -1.88. The summed E-state index contributed by atoms with van der Waals surface area (Å²) in [5, 5.41) is 11.4. The minimum Gasteiger partial charge on any atom is -0.480 e. The zero-order valence-electron chi connectivity index (χ0n) is 9.71. The fourth-order valence-corrected chi connectivity index (χ4v) is 1.33. The number of amides is 1. The first kappa shape index (κ1) is 13.2. The molecule has 2 N–H and O–H groups in total. The lowest BCUT2D eigenvalue weighted by atomic mass is 10.1. The van der Waals surface area contributed by atoms with Gasteiger partial charge in [-0.25, -0.2) is 4.79 Å². The van der Waals surface area contributed by atoms with Crippen molar-refractivity contribution in [3.8, 4) is 0 Å². The van der Waals surface area contributed by atoms with E-state index >= 15 is 0 Å². The molecule has 0 aliphatic carbocycles. The second-order valence-electron chi connectivity index (χ2n) is 3.60. The van der Waals surface area contributed by atoms with Gasteiger partial charge in [0.2, 0.25) is 0 Å². The zero-order valence-corrected chi connectivity index (χ0v) is 9.71. The molecular weight excluding hydrogens is 222 g/mol. The molecule has 0 bridgehead atoms. The van der Waals surface area contributed by atoms with E-state index in [2.05, 4.69) is 5.32 Å². The summed E-state index contributed by atoms with van der Waals surface area (Å²) in [6.45, 7) is 1.59. The monoisotopic (exact) mass is 237 g/mol. The number of rotatable bonds is 5. The third-order valence-electron chi connectivity index (χ3n) is 2.43. The molecule has 0 aliphatic heterocycles. The summed E-state index contributed by atoms with van der Waals surface area (Å²) in [5.74, 6) is -1.55. The van der Waals surface area contributed by atoms with Crippen molar-refractivity contribution in [2.45, 2.75) is 19.1 Å². The Morgan fingerprint density at radius 2 is 1.88 bits per heavy atom. The van der Waals surface area contributed by atoms with Gasteiger partial charge in [0.1, 0.15) is 0 Å². The highest BCUT2D eigenvalue weighted by molar-refractivity contribution is 5.96. The van der Waals surface area contributed by atoms with Crippen molar-refractivity contribution in [2.75, 3.05) is 7.11 Å². The van der Waals surface area contributed by atoms with Gasteiger partial charge in [-0.05, 0) is 19.1 Å². The predicted molar refractivity (Wildman–Crippen MR) is 61.8 cm³/mol. The Labute approximate surface area is 99.4 Å². The van der Waals surface area contributed by atoms with Gasteiger partial charge in [0.15, 0.2) is 6.04 Å². The lowest BCUT2D eigenvalue weighted by Gasteiger charge is -2.20. The molecule has 0 spiro atoms. The van der Waals surface area contributed by atoms with Crippen LogP contribution in [0.3, 0.4) is 0 Å². The first-order chi connectivity index (χ1) is 8.06. The van der Waals surface area contributed by atoms with Gasteiger partial charge in [-0.1, -0.05) is 18.2 Å². The molecule has 0 saturated heterocycles. The third-order valence-corrected chi connectivity index (χ3v) is 2.43. The van der Waals surface area contributed by atoms with E-state index in [0.29, 0.717) is 5.56 Å². The van der Waals surface area contributed by atoms with Crippen molar-refractivity contribution in [1.82, 2.24) is 5.32 Å². The molecule has 0 heterocycles. The van der Waals surface area contributed by atoms with Gasteiger partial charge < -0.3 is 15.2 Å². The van der Waals surface area contributed by atoms with Crippen molar-refractivity contribution in [3.63, 3.8) is 0 Å². The van der Waals surface area contributed by atoms with Gasteiger partial charge in [-0.15, -0.1) is 0 Å². The summed E-state index contributed by atoms with van der Waals surface area (Å²) < 4.78 is 4.91. The van der Waals surface area contributed by atoms with Gasteiger partial charge in [0, 0.05) is 12.7 Å². The third kappa shape index (κ3) is 3.57. The van der Waals surface area contributed by atoms with Crippen molar-refractivity contribution >= 4 is 11.9 Å². The Morgan fingerprint density at radius 3 is 2.35 bits per heavy atom. The molecule has 5 nitrogen and oxygen atoms in total. The average molecular weight is 237 g/mol. The lowest BCUT2D eigenvalue weighted by Crippen LogP contribution is -2.48. The van der Waals surface area contributed by atoms with Crippen LogP contribution < -0.4 is 5.32 Å². The topological polar surface area (TPSA) is 75.6 Å². The summed E-state index contributed by atoms with van der Waals surface area (Å²) in [6, 6.07) is 7.38. The van der Waals surface area contributed by atoms with Crippen LogP contribution in [0.2, 0.25) is 0 Å². The van der Waals surface area contributed by atoms with Crippen LogP contribution in [0, 0.1) is 0 Å². The zero-order chi connectivity index (χ0) is 12.8. The first-order valence-electron chi connectivity index (χ1n) is 5.17. The molecular formula is C12H15NO4. The highest BCUT2D eigenvalue weighted by Crippen LogP contribution is 2.02. The summed E-state index contributed by atoms with van der Waals surface area (Å²) in [4.78, 5) is 22.7. The number of hydrogen-bond acceptors (Lipinski definition) is 3. The molecule has 0 aliphatic rings. The molecule has 0 fully saturated rings. The molecule has 0 unspecified atom stereocenters. The van der Waals surface area contributed by atoms with Crippen LogP contribution in [0.25, 0.3) is 0 Å². The van der Waals surface area contributed by atoms with Gasteiger partial charge >= 0.3 is 5.97 Å². The molecule has 0 aromatic heterocycles. The van der Waals surface area contributed by atoms with Crippen LogP contribution in [0.1, 0.15) is 17.3 Å². The number of carboxylic acids is 1. The Kier molecular flexibility index (Phi) is 4.66. The van der Waals surface area contributed by atoms with Crippen LogP contribution >= 0.6 is 0 Å². The number of carbonyl (C=O) groups excluding carboxylic acids is 1. The van der Waals surface area contributed by atoms with E-state index in [9.17, 15) is 9.59 Å². The quantitative estimate of drug-likeness (QED) is 0.798. The maximum Gasteiger partial charge on any atom is 0.328 e. The fourth-order valence-electron chi connectivity index (χ4n) is 1.33. The summed E-state index contributed by atoms with van der Waals surface area (Å²) >= 11 is 0. The van der Waals surface area contributed by atoms with Crippen LogP contribution in [0.4, 0.5) is 0 Å². The summed E-state index contributed by atoms with van der Waals surface area (Å²) in [7, 11) is 1.40. The molecule has 0 radical (unpaired) electrons. The molecule has 2 atom stereocenters. The number of nitrogens with one attached hydrogen (secondary N) is 1. The van der Waals surface area contributed by atoms with Gasteiger partial charge in [-0.3, -0.25) is 4.79 Å². The van der Waals surface area contributed by atoms with E-state index in [4.69, 9.17) is 9.84 Å². The van der Waals surface area contributed by atoms with Crippen molar-refractivity contribution in [1.29, 1.82) is 0 Å². The number of ether oxygens (including phenoxy) is 1.